The summed E-state index contributed by atoms with van der Waals surface area (Å²) in [6.07, 6.45) is 1.88. The van der Waals surface area contributed by atoms with Crippen LogP contribution >= 0.6 is 11.3 Å². The molecule has 3 aromatic carbocycles. The van der Waals surface area contributed by atoms with Gasteiger partial charge in [0.25, 0.3) is 5.56 Å². The lowest BCUT2D eigenvalue weighted by Crippen LogP contribution is -2.40. The van der Waals surface area contributed by atoms with Crippen molar-refractivity contribution in [3.05, 3.63) is 109 Å². The molecule has 0 fully saturated rings. The Kier molecular flexibility index (Phi) is 6.33. The molecule has 4 aromatic rings. The number of anilines is 1. The van der Waals surface area contributed by atoms with E-state index in [1.54, 1.807) is 18.4 Å². The monoisotopic (exact) mass is 497 g/mol. The third kappa shape index (κ3) is 4.16. The number of carbonyl (C=O) groups excluding carboxylic acids is 1. The first-order chi connectivity index (χ1) is 17.4. The van der Waals surface area contributed by atoms with Crippen LogP contribution in [0.15, 0.2) is 87.8 Å². The summed E-state index contributed by atoms with van der Waals surface area (Å²) in [6.45, 7) is 3.82. The first kappa shape index (κ1) is 23.8. The smallest absolute Gasteiger partial charge is 0.338 e. The molecule has 1 aromatic heterocycles. The molecule has 5 rings (SSSR count). The van der Waals surface area contributed by atoms with Crippen molar-refractivity contribution >= 4 is 39.8 Å². The molecule has 0 saturated heterocycles. The minimum atomic E-state index is -0.635. The van der Waals surface area contributed by atoms with E-state index in [0.29, 0.717) is 20.6 Å². The zero-order valence-corrected chi connectivity index (χ0v) is 21.5. The van der Waals surface area contributed by atoms with Crippen LogP contribution in [0.2, 0.25) is 0 Å². The number of nitrogens with zero attached hydrogens (tertiary/aromatic N) is 3. The molecule has 1 aliphatic heterocycles. The minimum absolute atomic E-state index is 0.178. The predicted molar refractivity (Wildman–Crippen MR) is 145 cm³/mol. The maximum absolute atomic E-state index is 13.8. The molecule has 182 valence electrons. The van der Waals surface area contributed by atoms with Gasteiger partial charge in [-0.25, -0.2) is 9.79 Å². The number of fused-ring (bicyclic) bond motifs is 2. The Morgan fingerprint density at radius 2 is 1.81 bits per heavy atom. The van der Waals surface area contributed by atoms with Crippen LogP contribution in [-0.2, 0) is 9.53 Å². The summed E-state index contributed by atoms with van der Waals surface area (Å²) in [5.74, 6) is -0.453. The molecule has 1 aliphatic rings. The number of allylic oxidation sites excluding steroid dienone is 1. The normalized spacial score (nSPS) is 15.6. The molecule has 36 heavy (non-hydrogen) atoms. The predicted octanol–water partition coefficient (Wildman–Crippen LogP) is 4.02. The van der Waals surface area contributed by atoms with E-state index < -0.39 is 12.0 Å². The van der Waals surface area contributed by atoms with E-state index in [0.717, 1.165) is 27.6 Å². The van der Waals surface area contributed by atoms with Crippen LogP contribution in [0.3, 0.4) is 0 Å². The van der Waals surface area contributed by atoms with Gasteiger partial charge in [0.15, 0.2) is 4.80 Å². The number of benzene rings is 3. The largest absolute Gasteiger partial charge is 0.463 e. The van der Waals surface area contributed by atoms with Gasteiger partial charge in [-0.05, 0) is 54.0 Å². The van der Waals surface area contributed by atoms with Crippen molar-refractivity contribution in [3.63, 3.8) is 0 Å². The summed E-state index contributed by atoms with van der Waals surface area (Å²) in [5.41, 5.74) is 3.65. The van der Waals surface area contributed by atoms with Gasteiger partial charge in [-0.1, -0.05) is 65.9 Å². The van der Waals surface area contributed by atoms with Crippen LogP contribution in [-0.4, -0.2) is 31.2 Å². The third-order valence-corrected chi connectivity index (χ3v) is 7.33. The highest BCUT2D eigenvalue weighted by atomic mass is 32.1. The average molecular weight is 498 g/mol. The van der Waals surface area contributed by atoms with Gasteiger partial charge >= 0.3 is 5.97 Å². The summed E-state index contributed by atoms with van der Waals surface area (Å²) < 4.78 is 7.63. The number of thiazole rings is 1. The number of carbonyl (C=O) groups is 1. The van der Waals surface area contributed by atoms with Crippen molar-refractivity contribution in [1.29, 1.82) is 0 Å². The van der Waals surface area contributed by atoms with Crippen LogP contribution in [0, 0.1) is 0 Å². The standard InChI is InChI=1S/C29H27N3O3S/c1-5-35-28(34)25-18(2)30-29-32(26(25)23-12-8-10-20-9-6-7-11-22(20)23)27(33)24(36-29)17-19-13-15-21(16-14-19)31(3)4/h6-17,26H,5H2,1-4H3/b24-17+/t26-/m1/s1. The molecule has 6 nitrogen and oxygen atoms in total. The third-order valence-electron chi connectivity index (χ3n) is 6.34. The SMILES string of the molecule is CCOC(=O)C1=C(C)N=c2s/c(=C/c3ccc(N(C)C)cc3)c(=O)n2[C@@H]1c1cccc2ccccc12. The molecule has 0 amide bonds. The van der Waals surface area contributed by atoms with Crippen molar-refractivity contribution in [2.75, 3.05) is 25.6 Å². The Labute approximate surface area is 213 Å². The highest BCUT2D eigenvalue weighted by molar-refractivity contribution is 7.07. The Balaban J connectivity index is 1.75. The van der Waals surface area contributed by atoms with Crippen LogP contribution in [0.25, 0.3) is 16.8 Å². The zero-order chi connectivity index (χ0) is 25.4. The summed E-state index contributed by atoms with van der Waals surface area (Å²) in [6, 6.07) is 21.3. The minimum Gasteiger partial charge on any atom is -0.463 e. The number of aromatic nitrogens is 1. The number of ether oxygens (including phenoxy) is 1. The summed E-state index contributed by atoms with van der Waals surface area (Å²) in [4.78, 5) is 34.3. The van der Waals surface area contributed by atoms with Crippen LogP contribution in [0.5, 0.6) is 0 Å². The van der Waals surface area contributed by atoms with Gasteiger partial charge in [0.2, 0.25) is 0 Å². The molecule has 0 aliphatic carbocycles. The van der Waals surface area contributed by atoms with Crippen molar-refractivity contribution in [2.45, 2.75) is 19.9 Å². The number of rotatable bonds is 5. The van der Waals surface area contributed by atoms with Crippen molar-refractivity contribution in [3.8, 4) is 0 Å². The van der Waals surface area contributed by atoms with Crippen LogP contribution in [0.4, 0.5) is 5.69 Å². The maximum atomic E-state index is 13.8. The van der Waals surface area contributed by atoms with Gasteiger partial charge < -0.3 is 9.64 Å². The fourth-order valence-corrected chi connectivity index (χ4v) is 5.64. The first-order valence-electron chi connectivity index (χ1n) is 11.8. The summed E-state index contributed by atoms with van der Waals surface area (Å²) in [7, 11) is 3.98. The molecule has 0 bridgehead atoms. The van der Waals surface area contributed by atoms with Crippen molar-refractivity contribution in [2.24, 2.45) is 4.99 Å². The lowest BCUT2D eigenvalue weighted by Gasteiger charge is -2.25. The highest BCUT2D eigenvalue weighted by Crippen LogP contribution is 2.34. The molecule has 0 unspecified atom stereocenters. The second-order valence-corrected chi connectivity index (χ2v) is 9.87. The topological polar surface area (TPSA) is 63.9 Å². The summed E-state index contributed by atoms with van der Waals surface area (Å²) in [5, 5.41) is 2.02. The molecule has 0 radical (unpaired) electrons. The van der Waals surface area contributed by atoms with E-state index in [1.165, 1.54) is 11.3 Å². The maximum Gasteiger partial charge on any atom is 0.338 e. The molecule has 0 saturated carbocycles. The first-order valence-corrected chi connectivity index (χ1v) is 12.7. The zero-order valence-electron chi connectivity index (χ0n) is 20.7. The second kappa shape index (κ2) is 9.59. The molecule has 0 spiro atoms. The van der Waals surface area contributed by atoms with Gasteiger partial charge in [0, 0.05) is 19.8 Å². The Morgan fingerprint density at radius 1 is 1.08 bits per heavy atom. The Morgan fingerprint density at radius 3 is 2.53 bits per heavy atom. The van der Waals surface area contributed by atoms with Gasteiger partial charge in [-0.2, -0.15) is 0 Å². The van der Waals surface area contributed by atoms with Crippen molar-refractivity contribution < 1.29 is 9.53 Å². The second-order valence-electron chi connectivity index (χ2n) is 8.86. The molecule has 7 heteroatoms. The number of esters is 1. The van der Waals surface area contributed by atoms with E-state index in [-0.39, 0.29) is 12.2 Å². The number of hydrogen-bond donors (Lipinski definition) is 0. The van der Waals surface area contributed by atoms with Gasteiger partial charge in [-0.3, -0.25) is 9.36 Å². The molecular weight excluding hydrogens is 470 g/mol. The van der Waals surface area contributed by atoms with Gasteiger partial charge in [0.1, 0.15) is 0 Å². The van der Waals surface area contributed by atoms with Crippen LogP contribution in [0.1, 0.15) is 31.0 Å². The molecular formula is C29H27N3O3S. The van der Waals surface area contributed by atoms with Gasteiger partial charge in [-0.15, -0.1) is 0 Å². The quantitative estimate of drug-likeness (QED) is 0.391. The van der Waals surface area contributed by atoms with Crippen LogP contribution < -0.4 is 19.8 Å². The highest BCUT2D eigenvalue weighted by Gasteiger charge is 2.34. The Hall–Kier alpha value is -3.97. The van der Waals surface area contributed by atoms with E-state index >= 15 is 0 Å². The average Bonchev–Trinajstić information content (AvgIpc) is 3.17. The molecule has 2 heterocycles. The van der Waals surface area contributed by atoms with E-state index in [9.17, 15) is 9.59 Å². The number of hydrogen-bond acceptors (Lipinski definition) is 6. The fourth-order valence-electron chi connectivity index (χ4n) is 4.59. The van der Waals surface area contributed by atoms with Gasteiger partial charge in [0.05, 0.1) is 28.5 Å². The summed E-state index contributed by atoms with van der Waals surface area (Å²) >= 11 is 1.33. The molecule has 0 N–H and O–H groups in total. The van der Waals surface area contributed by atoms with E-state index in [1.807, 2.05) is 91.8 Å². The van der Waals surface area contributed by atoms with E-state index in [4.69, 9.17) is 4.74 Å². The van der Waals surface area contributed by atoms with Crippen molar-refractivity contribution in [1.82, 2.24) is 4.57 Å². The molecule has 1 atom stereocenters. The lowest BCUT2D eigenvalue weighted by molar-refractivity contribution is -0.139. The fraction of sp³-hybridized carbons (Fsp3) is 0.207. The van der Waals surface area contributed by atoms with E-state index in [2.05, 4.69) is 4.99 Å². The lowest BCUT2D eigenvalue weighted by atomic mass is 9.91. The Bertz CT molecular complexity index is 1670.